The lowest BCUT2D eigenvalue weighted by Crippen LogP contribution is -2.01. The number of aromatic amines is 1. The lowest BCUT2D eigenvalue weighted by atomic mass is 10.1. The predicted molar refractivity (Wildman–Crippen MR) is 70.1 cm³/mol. The second-order valence-corrected chi connectivity index (χ2v) is 4.29. The normalized spacial score (nSPS) is 10.8. The Bertz CT molecular complexity index is 572. The fourth-order valence-corrected chi connectivity index (χ4v) is 1.78. The molecule has 0 aliphatic carbocycles. The van der Waals surface area contributed by atoms with Crippen molar-refractivity contribution < 1.29 is 0 Å². The van der Waals surface area contributed by atoms with E-state index in [-0.39, 0.29) is 5.56 Å². The van der Waals surface area contributed by atoms with Crippen molar-refractivity contribution in [1.29, 1.82) is 0 Å². The predicted octanol–water partition coefficient (Wildman–Crippen LogP) is 3.31. The Morgan fingerprint density at radius 2 is 1.81 bits per heavy atom. The van der Waals surface area contributed by atoms with Crippen molar-refractivity contribution in [3.05, 3.63) is 68.5 Å². The average molecular weight is 276 g/mol. The van der Waals surface area contributed by atoms with Gasteiger partial charge in [0.2, 0.25) is 5.56 Å². The van der Waals surface area contributed by atoms with Gasteiger partial charge in [-0.25, -0.2) is 0 Å². The summed E-state index contributed by atoms with van der Waals surface area (Å²) >= 11 is 3.41. The molecule has 0 saturated heterocycles. The van der Waals surface area contributed by atoms with Crippen LogP contribution in [0.15, 0.2) is 51.9 Å². The van der Waals surface area contributed by atoms with Crippen LogP contribution < -0.4 is 5.56 Å². The van der Waals surface area contributed by atoms with Gasteiger partial charge in [-0.15, -0.1) is 0 Å². The number of benzene rings is 1. The Labute approximate surface area is 102 Å². The largest absolute Gasteiger partial charge is 0.329 e. The molecule has 0 amide bonds. The smallest absolute Gasteiger partial charge is 0.248 e. The van der Waals surface area contributed by atoms with Crippen molar-refractivity contribution in [3.63, 3.8) is 0 Å². The van der Waals surface area contributed by atoms with Crippen molar-refractivity contribution in [2.75, 3.05) is 0 Å². The fourth-order valence-electron chi connectivity index (χ4n) is 1.37. The van der Waals surface area contributed by atoms with E-state index in [0.29, 0.717) is 0 Å². The van der Waals surface area contributed by atoms with Gasteiger partial charge in [-0.05, 0) is 29.3 Å². The number of halogens is 1. The first-order valence-electron chi connectivity index (χ1n) is 4.86. The van der Waals surface area contributed by atoms with Gasteiger partial charge in [0.25, 0.3) is 0 Å². The van der Waals surface area contributed by atoms with E-state index in [1.807, 2.05) is 42.5 Å². The van der Waals surface area contributed by atoms with Crippen LogP contribution in [0.2, 0.25) is 0 Å². The highest BCUT2D eigenvalue weighted by atomic mass is 79.9. The minimum absolute atomic E-state index is 0.0867. The first-order valence-corrected chi connectivity index (χ1v) is 5.66. The lowest BCUT2D eigenvalue weighted by Gasteiger charge is -1.94. The van der Waals surface area contributed by atoms with Gasteiger partial charge in [-0.3, -0.25) is 4.79 Å². The molecule has 0 radical (unpaired) electrons. The average Bonchev–Trinajstić information content (AvgIpc) is 2.27. The number of aromatic nitrogens is 1. The first-order chi connectivity index (χ1) is 7.74. The van der Waals surface area contributed by atoms with Gasteiger partial charge < -0.3 is 4.98 Å². The van der Waals surface area contributed by atoms with E-state index in [0.717, 1.165) is 15.6 Å². The van der Waals surface area contributed by atoms with Crippen LogP contribution in [0.5, 0.6) is 0 Å². The zero-order valence-corrected chi connectivity index (χ0v) is 10.1. The molecule has 16 heavy (non-hydrogen) atoms. The van der Waals surface area contributed by atoms with Crippen molar-refractivity contribution in [1.82, 2.24) is 4.98 Å². The third kappa shape index (κ3) is 2.94. The van der Waals surface area contributed by atoms with Crippen LogP contribution >= 0.6 is 15.9 Å². The summed E-state index contributed by atoms with van der Waals surface area (Å²) in [4.78, 5) is 13.6. The van der Waals surface area contributed by atoms with Crippen LogP contribution in [0.4, 0.5) is 0 Å². The van der Waals surface area contributed by atoms with Crippen LogP contribution in [-0.2, 0) is 0 Å². The van der Waals surface area contributed by atoms with Crippen LogP contribution in [0.1, 0.15) is 11.1 Å². The minimum Gasteiger partial charge on any atom is -0.329 e. The van der Waals surface area contributed by atoms with Gasteiger partial charge in [-0.1, -0.05) is 40.2 Å². The number of pyridine rings is 1. The van der Waals surface area contributed by atoms with Crippen LogP contribution in [0, 0.1) is 0 Å². The highest BCUT2D eigenvalue weighted by Gasteiger charge is 1.90. The molecule has 0 spiro atoms. The summed E-state index contributed by atoms with van der Waals surface area (Å²) in [5.74, 6) is 0. The molecule has 0 aliphatic rings. The molecule has 0 aliphatic heterocycles. The van der Waals surface area contributed by atoms with E-state index in [1.54, 1.807) is 12.3 Å². The second-order valence-electron chi connectivity index (χ2n) is 3.37. The highest BCUT2D eigenvalue weighted by Crippen LogP contribution is 2.13. The van der Waals surface area contributed by atoms with Crippen LogP contribution in [0.25, 0.3) is 12.2 Å². The van der Waals surface area contributed by atoms with Crippen molar-refractivity contribution in [2.45, 2.75) is 0 Å². The summed E-state index contributed by atoms with van der Waals surface area (Å²) < 4.78 is 1.04. The molecule has 0 bridgehead atoms. The van der Waals surface area contributed by atoms with Gasteiger partial charge in [0.15, 0.2) is 0 Å². The Balaban J connectivity index is 2.24. The Morgan fingerprint density at radius 1 is 1.06 bits per heavy atom. The number of nitrogens with one attached hydrogen (secondary N) is 1. The quantitative estimate of drug-likeness (QED) is 0.896. The Kier molecular flexibility index (Phi) is 3.37. The molecule has 3 heteroatoms. The molecule has 2 aromatic rings. The zero-order chi connectivity index (χ0) is 11.4. The van der Waals surface area contributed by atoms with E-state index in [1.165, 1.54) is 0 Å². The van der Waals surface area contributed by atoms with E-state index in [2.05, 4.69) is 20.9 Å². The highest BCUT2D eigenvalue weighted by molar-refractivity contribution is 9.10. The Hall–Kier alpha value is -1.61. The van der Waals surface area contributed by atoms with Gasteiger partial charge >= 0.3 is 0 Å². The zero-order valence-electron chi connectivity index (χ0n) is 8.48. The molecule has 1 aromatic heterocycles. The van der Waals surface area contributed by atoms with Gasteiger partial charge in [0.1, 0.15) is 0 Å². The van der Waals surface area contributed by atoms with Crippen LogP contribution in [0.3, 0.4) is 0 Å². The number of hydrogen-bond acceptors (Lipinski definition) is 1. The maximum Gasteiger partial charge on any atom is 0.248 e. The molecule has 0 saturated carbocycles. The third-order valence-corrected chi connectivity index (χ3v) is 2.61. The molecular weight excluding hydrogens is 266 g/mol. The molecule has 0 fully saturated rings. The molecule has 0 unspecified atom stereocenters. The lowest BCUT2D eigenvalue weighted by molar-refractivity contribution is 1.23. The van der Waals surface area contributed by atoms with Gasteiger partial charge in [0.05, 0.1) is 0 Å². The summed E-state index contributed by atoms with van der Waals surface area (Å²) in [6, 6.07) is 11.4. The summed E-state index contributed by atoms with van der Waals surface area (Å²) in [6.45, 7) is 0. The summed E-state index contributed by atoms with van der Waals surface area (Å²) in [5, 5.41) is 0. The summed E-state index contributed by atoms with van der Waals surface area (Å²) in [6.07, 6.45) is 5.53. The monoisotopic (exact) mass is 275 g/mol. The molecule has 1 N–H and O–H groups in total. The van der Waals surface area contributed by atoms with Crippen molar-refractivity contribution >= 4 is 28.1 Å². The summed E-state index contributed by atoms with van der Waals surface area (Å²) in [5.41, 5.74) is 1.90. The standard InChI is InChI=1S/C13H10BrNO/c14-12-3-1-2-10(8-12)4-5-11-6-7-15-13(16)9-11/h1-9H,(H,15,16)/b5-4+. The summed E-state index contributed by atoms with van der Waals surface area (Å²) in [7, 11) is 0. The van der Waals surface area contributed by atoms with E-state index in [9.17, 15) is 4.79 Å². The minimum atomic E-state index is -0.0867. The van der Waals surface area contributed by atoms with E-state index < -0.39 is 0 Å². The SMILES string of the molecule is O=c1cc(/C=C/c2cccc(Br)c2)cc[nH]1. The number of H-pyrrole nitrogens is 1. The van der Waals surface area contributed by atoms with Gasteiger partial charge in [-0.2, -0.15) is 0 Å². The number of hydrogen-bond donors (Lipinski definition) is 1. The molecule has 2 nitrogen and oxygen atoms in total. The van der Waals surface area contributed by atoms with Gasteiger partial charge in [0, 0.05) is 16.7 Å². The third-order valence-electron chi connectivity index (χ3n) is 2.12. The molecular formula is C13H10BrNO. The maximum absolute atomic E-state index is 11.1. The topological polar surface area (TPSA) is 32.9 Å². The van der Waals surface area contributed by atoms with E-state index in [4.69, 9.17) is 0 Å². The van der Waals surface area contributed by atoms with Crippen molar-refractivity contribution in [3.8, 4) is 0 Å². The molecule has 1 aromatic carbocycles. The molecule has 2 rings (SSSR count). The fraction of sp³-hybridized carbons (Fsp3) is 0. The first kappa shape index (κ1) is 10.9. The molecule has 80 valence electrons. The molecule has 0 atom stereocenters. The Morgan fingerprint density at radius 3 is 2.50 bits per heavy atom. The van der Waals surface area contributed by atoms with Crippen LogP contribution in [-0.4, -0.2) is 4.98 Å². The van der Waals surface area contributed by atoms with E-state index >= 15 is 0 Å². The maximum atomic E-state index is 11.1. The van der Waals surface area contributed by atoms with Crippen molar-refractivity contribution in [2.24, 2.45) is 0 Å². The second kappa shape index (κ2) is 4.94. The molecule has 1 heterocycles. The number of rotatable bonds is 2.